The first kappa shape index (κ1) is 25.3. The predicted molar refractivity (Wildman–Crippen MR) is 148 cm³/mol. The number of hydrogen-bond acceptors (Lipinski definition) is 6. The number of thioether (sulfide) groups is 1. The summed E-state index contributed by atoms with van der Waals surface area (Å²) in [6.07, 6.45) is 0. The first-order valence-corrected chi connectivity index (χ1v) is 13.5. The van der Waals surface area contributed by atoms with E-state index in [1.54, 1.807) is 6.07 Å². The van der Waals surface area contributed by atoms with Gasteiger partial charge < -0.3 is 15.0 Å². The fourth-order valence-electron chi connectivity index (χ4n) is 4.22. The van der Waals surface area contributed by atoms with Gasteiger partial charge in [0.15, 0.2) is 5.16 Å². The lowest BCUT2D eigenvalue weighted by Gasteiger charge is -2.27. The van der Waals surface area contributed by atoms with Crippen molar-refractivity contribution in [1.82, 2.24) is 15.3 Å². The summed E-state index contributed by atoms with van der Waals surface area (Å²) in [6, 6.07) is 29.2. The lowest BCUT2D eigenvalue weighted by Crippen LogP contribution is -2.36. The smallest absolute Gasteiger partial charge is 0.252 e. The van der Waals surface area contributed by atoms with Crippen molar-refractivity contribution in [2.75, 3.05) is 31.2 Å². The maximum atomic E-state index is 13.3. The molecule has 37 heavy (non-hydrogen) atoms. The van der Waals surface area contributed by atoms with Gasteiger partial charge >= 0.3 is 0 Å². The first-order valence-electron chi connectivity index (χ1n) is 12.2. The van der Waals surface area contributed by atoms with Gasteiger partial charge in [0.25, 0.3) is 5.91 Å². The van der Waals surface area contributed by atoms with E-state index in [-0.39, 0.29) is 11.9 Å². The highest BCUT2D eigenvalue weighted by Crippen LogP contribution is 2.26. The number of morpholine rings is 1. The summed E-state index contributed by atoms with van der Waals surface area (Å²) in [7, 11) is 0. The average molecular weight is 531 g/mol. The molecule has 8 heteroatoms. The van der Waals surface area contributed by atoms with E-state index in [4.69, 9.17) is 21.3 Å². The number of ether oxygens (including phenoxy) is 1. The Morgan fingerprint density at radius 3 is 2.27 bits per heavy atom. The Morgan fingerprint density at radius 2 is 1.59 bits per heavy atom. The molecule has 1 aliphatic rings. The third-order valence-electron chi connectivity index (χ3n) is 6.09. The molecule has 0 radical (unpaired) electrons. The zero-order chi connectivity index (χ0) is 25.5. The number of nitrogens with one attached hydrogen (secondary N) is 1. The number of benzene rings is 3. The summed E-state index contributed by atoms with van der Waals surface area (Å²) < 4.78 is 5.44. The summed E-state index contributed by atoms with van der Waals surface area (Å²) in [5.74, 6) is 1.30. The van der Waals surface area contributed by atoms with Crippen LogP contribution >= 0.6 is 23.4 Å². The van der Waals surface area contributed by atoms with Crippen LogP contribution in [-0.4, -0.2) is 42.2 Å². The Balaban J connectivity index is 1.29. The van der Waals surface area contributed by atoms with Crippen molar-refractivity contribution in [3.63, 3.8) is 0 Å². The largest absolute Gasteiger partial charge is 0.378 e. The summed E-state index contributed by atoms with van der Waals surface area (Å²) >= 11 is 7.79. The SMILES string of the molecule is O=C(NC(c1ccccc1)c1ccccc1)c1cccc(CSc2nc(Cl)cc(N3CCOCC3)n2)c1. The molecule has 1 N–H and O–H groups in total. The van der Waals surface area contributed by atoms with Crippen molar-refractivity contribution >= 4 is 35.1 Å². The first-order chi connectivity index (χ1) is 18.2. The molecule has 0 bridgehead atoms. The predicted octanol–water partition coefficient (Wildman–Crippen LogP) is 5.78. The van der Waals surface area contributed by atoms with Gasteiger partial charge in [-0.3, -0.25) is 4.79 Å². The molecule has 1 fully saturated rings. The average Bonchev–Trinajstić information content (AvgIpc) is 2.96. The zero-order valence-electron chi connectivity index (χ0n) is 20.2. The van der Waals surface area contributed by atoms with Crippen LogP contribution in [-0.2, 0) is 10.5 Å². The fraction of sp³-hybridized carbons (Fsp3) is 0.207. The zero-order valence-corrected chi connectivity index (χ0v) is 21.8. The van der Waals surface area contributed by atoms with Gasteiger partial charge in [0, 0.05) is 30.5 Å². The minimum absolute atomic E-state index is 0.127. The fourth-order valence-corrected chi connectivity index (χ4v) is 5.24. The molecule has 1 amide bonds. The summed E-state index contributed by atoms with van der Waals surface area (Å²) in [5.41, 5.74) is 3.67. The maximum Gasteiger partial charge on any atom is 0.252 e. The highest BCUT2D eigenvalue weighted by atomic mass is 35.5. The quantitative estimate of drug-likeness (QED) is 0.177. The monoisotopic (exact) mass is 530 g/mol. The van der Waals surface area contributed by atoms with Crippen molar-refractivity contribution in [1.29, 1.82) is 0 Å². The molecule has 1 aromatic heterocycles. The molecule has 4 aromatic rings. The number of amides is 1. The standard InChI is InChI=1S/C29H27ClN4O2S/c30-25-19-26(34-14-16-36-17-15-34)32-29(31-25)37-20-21-8-7-13-24(18-21)28(35)33-27(22-9-3-1-4-10-22)23-11-5-2-6-12-23/h1-13,18-19,27H,14-17,20H2,(H,33,35). The molecule has 188 valence electrons. The van der Waals surface area contributed by atoms with E-state index in [1.807, 2.05) is 84.9 Å². The maximum absolute atomic E-state index is 13.3. The summed E-state index contributed by atoms with van der Waals surface area (Å²) in [5, 5.41) is 4.24. The van der Waals surface area contributed by atoms with Crippen LogP contribution in [0.4, 0.5) is 5.82 Å². The van der Waals surface area contributed by atoms with Crippen LogP contribution in [0.3, 0.4) is 0 Å². The number of anilines is 1. The minimum Gasteiger partial charge on any atom is -0.378 e. The Bertz CT molecular complexity index is 1290. The molecular formula is C29H27ClN4O2S. The highest BCUT2D eigenvalue weighted by Gasteiger charge is 2.18. The third kappa shape index (κ3) is 6.68. The molecule has 0 spiro atoms. The number of rotatable bonds is 8. The molecule has 3 aromatic carbocycles. The topological polar surface area (TPSA) is 67.4 Å². The van der Waals surface area contributed by atoms with Gasteiger partial charge in [0.1, 0.15) is 11.0 Å². The van der Waals surface area contributed by atoms with E-state index in [1.165, 1.54) is 11.8 Å². The van der Waals surface area contributed by atoms with Crippen LogP contribution in [0.2, 0.25) is 5.15 Å². The second-order valence-corrected chi connectivity index (χ2v) is 9.98. The minimum atomic E-state index is -0.244. The second kappa shape index (κ2) is 12.2. The molecule has 5 rings (SSSR count). The summed E-state index contributed by atoms with van der Waals surface area (Å²) in [4.78, 5) is 24.6. The molecule has 6 nitrogen and oxygen atoms in total. The Kier molecular flexibility index (Phi) is 8.35. The van der Waals surface area contributed by atoms with Crippen molar-refractivity contribution in [3.05, 3.63) is 118 Å². The Morgan fingerprint density at radius 1 is 0.919 bits per heavy atom. The van der Waals surface area contributed by atoms with Crippen molar-refractivity contribution in [3.8, 4) is 0 Å². The number of nitrogens with zero attached hydrogens (tertiary/aromatic N) is 3. The van der Waals surface area contributed by atoms with Crippen LogP contribution in [0.1, 0.15) is 33.1 Å². The Labute approximate surface area is 226 Å². The Hall–Kier alpha value is -3.39. The van der Waals surface area contributed by atoms with E-state index in [9.17, 15) is 4.79 Å². The van der Waals surface area contributed by atoms with E-state index in [0.717, 1.165) is 35.6 Å². The molecule has 0 saturated carbocycles. The third-order valence-corrected chi connectivity index (χ3v) is 7.21. The van der Waals surface area contributed by atoms with Crippen molar-refractivity contribution < 1.29 is 9.53 Å². The van der Waals surface area contributed by atoms with Crippen molar-refractivity contribution in [2.24, 2.45) is 0 Å². The van der Waals surface area contributed by atoms with Crippen molar-refractivity contribution in [2.45, 2.75) is 17.0 Å². The molecular weight excluding hydrogens is 504 g/mol. The normalized spacial score (nSPS) is 13.5. The van der Waals surface area contributed by atoms with Gasteiger partial charge in [-0.05, 0) is 28.8 Å². The number of aromatic nitrogens is 2. The van der Waals surface area contributed by atoms with Gasteiger partial charge in [-0.25, -0.2) is 9.97 Å². The number of carbonyl (C=O) groups is 1. The number of carbonyl (C=O) groups excluding carboxylic acids is 1. The van der Waals surface area contributed by atoms with Gasteiger partial charge in [-0.1, -0.05) is 96.2 Å². The van der Waals surface area contributed by atoms with E-state index in [0.29, 0.717) is 34.8 Å². The van der Waals surface area contributed by atoms with E-state index in [2.05, 4.69) is 15.2 Å². The number of hydrogen-bond donors (Lipinski definition) is 1. The highest BCUT2D eigenvalue weighted by molar-refractivity contribution is 7.98. The molecule has 0 atom stereocenters. The van der Waals surface area contributed by atoms with Crippen LogP contribution in [0, 0.1) is 0 Å². The molecule has 1 aliphatic heterocycles. The molecule has 0 unspecified atom stereocenters. The molecule has 1 saturated heterocycles. The number of halogens is 1. The lowest BCUT2D eigenvalue weighted by molar-refractivity contribution is 0.0943. The summed E-state index contributed by atoms with van der Waals surface area (Å²) in [6.45, 7) is 2.91. The van der Waals surface area contributed by atoms with Crippen LogP contribution in [0.5, 0.6) is 0 Å². The van der Waals surface area contributed by atoms with Crippen LogP contribution < -0.4 is 10.2 Å². The van der Waals surface area contributed by atoms with Gasteiger partial charge in [-0.15, -0.1) is 0 Å². The van der Waals surface area contributed by atoms with E-state index < -0.39 is 0 Å². The molecule has 2 heterocycles. The van der Waals surface area contributed by atoms with Gasteiger partial charge in [-0.2, -0.15) is 0 Å². The van der Waals surface area contributed by atoms with Crippen LogP contribution in [0.15, 0.2) is 96.2 Å². The van der Waals surface area contributed by atoms with Crippen LogP contribution in [0.25, 0.3) is 0 Å². The lowest BCUT2D eigenvalue weighted by atomic mass is 9.98. The van der Waals surface area contributed by atoms with E-state index >= 15 is 0 Å². The second-order valence-electron chi connectivity index (χ2n) is 8.65. The molecule has 0 aliphatic carbocycles. The van der Waals surface area contributed by atoms with Gasteiger partial charge in [0.05, 0.1) is 19.3 Å². The van der Waals surface area contributed by atoms with Gasteiger partial charge in [0.2, 0.25) is 0 Å².